The number of hydrogen-bond acceptors (Lipinski definition) is 3. The largest absolute Gasteiger partial charge is 0.325 e. The highest BCUT2D eigenvalue weighted by Crippen LogP contribution is 2.32. The highest BCUT2D eigenvalue weighted by molar-refractivity contribution is 6.30. The Morgan fingerprint density at radius 2 is 1.46 bits per heavy atom. The Kier molecular flexibility index (Phi) is 4.30. The van der Waals surface area contributed by atoms with Crippen LogP contribution in [0.5, 0.6) is 0 Å². The van der Waals surface area contributed by atoms with Gasteiger partial charge in [-0.15, -0.1) is 0 Å². The third-order valence-corrected chi connectivity index (χ3v) is 4.57. The molecule has 0 heterocycles. The number of benzene rings is 2. The van der Waals surface area contributed by atoms with E-state index in [2.05, 4.69) is 5.32 Å². The number of anilines is 1. The maximum Gasteiger partial charge on any atom is 0.227 e. The van der Waals surface area contributed by atoms with Gasteiger partial charge in [0.15, 0.2) is 11.6 Å². The Balaban J connectivity index is 2.06. The molecule has 122 valence electrons. The zero-order chi connectivity index (χ0) is 17.3. The van der Waals surface area contributed by atoms with Crippen LogP contribution in [0.4, 0.5) is 5.69 Å². The first-order valence-corrected chi connectivity index (χ1v) is 8.20. The molecule has 0 aliphatic heterocycles. The minimum atomic E-state index is -0.222. The molecule has 0 spiro atoms. The van der Waals surface area contributed by atoms with Crippen LogP contribution >= 0.6 is 0 Å². The topological polar surface area (TPSA) is 63.2 Å². The van der Waals surface area contributed by atoms with Gasteiger partial charge in [-0.25, -0.2) is 0 Å². The molecule has 0 unspecified atom stereocenters. The summed E-state index contributed by atoms with van der Waals surface area (Å²) in [6.07, 6.45) is 1.46. The molecule has 4 nitrogen and oxygen atoms in total. The van der Waals surface area contributed by atoms with E-state index < -0.39 is 0 Å². The first kappa shape index (κ1) is 16.1. The lowest BCUT2D eigenvalue weighted by Gasteiger charge is -2.21. The number of rotatable bonds is 4. The van der Waals surface area contributed by atoms with E-state index in [9.17, 15) is 14.4 Å². The molecule has 1 N–H and O–H groups in total. The van der Waals surface area contributed by atoms with E-state index in [0.29, 0.717) is 27.9 Å². The SMILES string of the molecule is CCC(CC)C(=O)Nc1cccc2c1C(=O)c1ccccc1C2=O. The lowest BCUT2D eigenvalue weighted by Crippen LogP contribution is -2.26. The molecule has 1 aliphatic carbocycles. The molecule has 2 aromatic carbocycles. The van der Waals surface area contributed by atoms with Crippen molar-refractivity contribution in [2.75, 3.05) is 5.32 Å². The van der Waals surface area contributed by atoms with Crippen LogP contribution < -0.4 is 5.32 Å². The lowest BCUT2D eigenvalue weighted by molar-refractivity contribution is -0.120. The van der Waals surface area contributed by atoms with Crippen molar-refractivity contribution < 1.29 is 14.4 Å². The minimum Gasteiger partial charge on any atom is -0.325 e. The van der Waals surface area contributed by atoms with E-state index in [1.807, 2.05) is 13.8 Å². The number of fused-ring (bicyclic) bond motifs is 2. The number of carbonyl (C=O) groups excluding carboxylic acids is 3. The maximum absolute atomic E-state index is 12.9. The van der Waals surface area contributed by atoms with Gasteiger partial charge in [-0.3, -0.25) is 14.4 Å². The highest BCUT2D eigenvalue weighted by Gasteiger charge is 2.31. The Bertz CT molecular complexity index is 835. The molecule has 0 saturated heterocycles. The number of amides is 1. The molecular weight excluding hydrogens is 302 g/mol. The number of hydrogen-bond donors (Lipinski definition) is 1. The smallest absolute Gasteiger partial charge is 0.227 e. The molecule has 0 atom stereocenters. The van der Waals surface area contributed by atoms with Crippen molar-refractivity contribution in [2.45, 2.75) is 26.7 Å². The summed E-state index contributed by atoms with van der Waals surface area (Å²) in [5.41, 5.74) is 1.86. The van der Waals surface area contributed by atoms with Gasteiger partial charge >= 0.3 is 0 Å². The second kappa shape index (κ2) is 6.40. The summed E-state index contributed by atoms with van der Waals surface area (Å²) in [5, 5.41) is 2.84. The van der Waals surface area contributed by atoms with Crippen molar-refractivity contribution in [1.82, 2.24) is 0 Å². The molecule has 2 aromatic rings. The van der Waals surface area contributed by atoms with E-state index >= 15 is 0 Å². The molecule has 3 rings (SSSR count). The van der Waals surface area contributed by atoms with Crippen molar-refractivity contribution in [3.8, 4) is 0 Å². The molecule has 4 heteroatoms. The van der Waals surface area contributed by atoms with Gasteiger partial charge < -0.3 is 5.32 Å². The fourth-order valence-corrected chi connectivity index (χ4v) is 3.14. The van der Waals surface area contributed by atoms with E-state index in [0.717, 1.165) is 12.8 Å². The average Bonchev–Trinajstić information content (AvgIpc) is 2.60. The fraction of sp³-hybridized carbons (Fsp3) is 0.250. The van der Waals surface area contributed by atoms with Crippen LogP contribution in [-0.4, -0.2) is 17.5 Å². The molecule has 0 bridgehead atoms. The van der Waals surface area contributed by atoms with Gasteiger partial charge in [-0.1, -0.05) is 50.2 Å². The van der Waals surface area contributed by atoms with Gasteiger partial charge in [0.2, 0.25) is 5.91 Å². The zero-order valence-corrected chi connectivity index (χ0v) is 13.8. The van der Waals surface area contributed by atoms with Gasteiger partial charge in [0, 0.05) is 22.6 Å². The summed E-state index contributed by atoms with van der Waals surface area (Å²) in [5.74, 6) is -0.630. The Morgan fingerprint density at radius 3 is 2.08 bits per heavy atom. The van der Waals surface area contributed by atoms with Crippen LogP contribution in [0.2, 0.25) is 0 Å². The second-order valence-corrected chi connectivity index (χ2v) is 5.93. The van der Waals surface area contributed by atoms with Crippen LogP contribution in [0.1, 0.15) is 58.5 Å². The van der Waals surface area contributed by atoms with Crippen LogP contribution in [-0.2, 0) is 4.79 Å². The Hall–Kier alpha value is -2.75. The van der Waals surface area contributed by atoms with Crippen LogP contribution in [0.25, 0.3) is 0 Å². The molecule has 1 amide bonds. The molecule has 0 fully saturated rings. The number of ketones is 2. The summed E-state index contributed by atoms with van der Waals surface area (Å²) >= 11 is 0. The van der Waals surface area contributed by atoms with Crippen molar-refractivity contribution in [3.63, 3.8) is 0 Å². The van der Waals surface area contributed by atoms with Crippen molar-refractivity contribution in [2.24, 2.45) is 5.92 Å². The van der Waals surface area contributed by atoms with Gasteiger partial charge in [0.25, 0.3) is 0 Å². The summed E-state index contributed by atoms with van der Waals surface area (Å²) < 4.78 is 0. The third kappa shape index (κ3) is 2.54. The third-order valence-electron chi connectivity index (χ3n) is 4.57. The molecule has 0 radical (unpaired) electrons. The molecule has 24 heavy (non-hydrogen) atoms. The summed E-state index contributed by atoms with van der Waals surface area (Å²) in [4.78, 5) is 37.9. The minimum absolute atomic E-state index is 0.109. The van der Waals surface area contributed by atoms with Gasteiger partial charge in [0.05, 0.1) is 11.3 Å². The maximum atomic E-state index is 12.9. The quantitative estimate of drug-likeness (QED) is 0.794. The fourth-order valence-electron chi connectivity index (χ4n) is 3.14. The number of nitrogens with one attached hydrogen (secondary N) is 1. The average molecular weight is 321 g/mol. The van der Waals surface area contributed by atoms with Gasteiger partial charge in [-0.05, 0) is 18.9 Å². The van der Waals surface area contributed by atoms with E-state index in [1.54, 1.807) is 42.5 Å². The van der Waals surface area contributed by atoms with Crippen molar-refractivity contribution in [3.05, 3.63) is 64.7 Å². The van der Waals surface area contributed by atoms with E-state index in [-0.39, 0.29) is 23.4 Å². The van der Waals surface area contributed by atoms with Crippen molar-refractivity contribution >= 4 is 23.2 Å². The normalized spacial score (nSPS) is 12.8. The van der Waals surface area contributed by atoms with Gasteiger partial charge in [0.1, 0.15) is 0 Å². The monoisotopic (exact) mass is 321 g/mol. The van der Waals surface area contributed by atoms with E-state index in [1.165, 1.54) is 0 Å². The van der Waals surface area contributed by atoms with Crippen LogP contribution in [0, 0.1) is 5.92 Å². The second-order valence-electron chi connectivity index (χ2n) is 5.93. The van der Waals surface area contributed by atoms with E-state index in [4.69, 9.17) is 0 Å². The summed E-state index contributed by atoms with van der Waals surface area (Å²) in [6, 6.07) is 11.8. The van der Waals surface area contributed by atoms with Crippen LogP contribution in [0.3, 0.4) is 0 Å². The first-order valence-electron chi connectivity index (χ1n) is 8.20. The predicted octanol–water partition coefficient (Wildman–Crippen LogP) is 3.84. The molecule has 1 aliphatic rings. The lowest BCUT2D eigenvalue weighted by atomic mass is 9.83. The summed E-state index contributed by atoms with van der Waals surface area (Å²) in [7, 11) is 0. The molecule has 0 aromatic heterocycles. The Labute approximate surface area is 140 Å². The standard InChI is InChI=1S/C20H19NO3/c1-3-12(4-2)20(24)21-16-11-7-10-15-17(16)19(23)14-9-6-5-8-13(14)18(15)22/h5-12H,3-4H2,1-2H3,(H,21,24). The predicted molar refractivity (Wildman–Crippen MR) is 92.5 cm³/mol. The zero-order valence-electron chi connectivity index (χ0n) is 13.8. The highest BCUT2D eigenvalue weighted by atomic mass is 16.2. The van der Waals surface area contributed by atoms with Crippen LogP contribution in [0.15, 0.2) is 42.5 Å². The van der Waals surface area contributed by atoms with Crippen molar-refractivity contribution in [1.29, 1.82) is 0 Å². The van der Waals surface area contributed by atoms with Gasteiger partial charge in [-0.2, -0.15) is 0 Å². The number of carbonyl (C=O) groups is 3. The molecule has 0 saturated carbocycles. The molecular formula is C20H19NO3. The Morgan fingerprint density at radius 1 is 0.875 bits per heavy atom. The summed E-state index contributed by atoms with van der Waals surface area (Å²) in [6.45, 7) is 3.91. The first-order chi connectivity index (χ1) is 11.6.